The number of benzene rings is 1. The van der Waals surface area contributed by atoms with Gasteiger partial charge in [-0.3, -0.25) is 0 Å². The van der Waals surface area contributed by atoms with Gasteiger partial charge in [-0.25, -0.2) is 0 Å². The minimum Gasteiger partial charge on any atom is -0.367 e. The standard InChI is InChI=1S/C18H32O3Si/c1-12(2)19-22(20-13(3)4,21-14(5)6)18-16(8)11-10-15(7)17(18)9/h10-14H,1-9H3. The van der Waals surface area contributed by atoms with E-state index in [2.05, 4.69) is 32.9 Å². The third-order valence-electron chi connectivity index (χ3n) is 3.42. The van der Waals surface area contributed by atoms with Crippen molar-refractivity contribution in [3.8, 4) is 0 Å². The summed E-state index contributed by atoms with van der Waals surface area (Å²) in [4.78, 5) is 0. The molecule has 0 atom stereocenters. The Morgan fingerprint density at radius 3 is 1.41 bits per heavy atom. The van der Waals surface area contributed by atoms with Crippen LogP contribution < -0.4 is 5.19 Å². The first-order valence-corrected chi connectivity index (χ1v) is 9.92. The van der Waals surface area contributed by atoms with Crippen LogP contribution in [0.2, 0.25) is 0 Å². The normalized spacial score (nSPS) is 12.7. The molecule has 0 aliphatic rings. The van der Waals surface area contributed by atoms with Gasteiger partial charge >= 0.3 is 8.80 Å². The number of hydrogen-bond acceptors (Lipinski definition) is 3. The van der Waals surface area contributed by atoms with E-state index in [-0.39, 0.29) is 18.3 Å². The molecule has 4 heteroatoms. The monoisotopic (exact) mass is 324 g/mol. The Kier molecular flexibility index (Phi) is 6.80. The van der Waals surface area contributed by atoms with Gasteiger partial charge in [-0.15, -0.1) is 0 Å². The largest absolute Gasteiger partial charge is 0.538 e. The lowest BCUT2D eigenvalue weighted by molar-refractivity contribution is 0.0152. The van der Waals surface area contributed by atoms with Gasteiger partial charge in [-0.2, -0.15) is 0 Å². The van der Waals surface area contributed by atoms with Crippen LogP contribution in [0.1, 0.15) is 58.2 Å². The highest BCUT2D eigenvalue weighted by Crippen LogP contribution is 2.22. The predicted octanol–water partition coefficient (Wildman–Crippen LogP) is 4.03. The van der Waals surface area contributed by atoms with E-state index in [1.807, 2.05) is 41.5 Å². The topological polar surface area (TPSA) is 27.7 Å². The van der Waals surface area contributed by atoms with Crippen LogP contribution in [0.3, 0.4) is 0 Å². The van der Waals surface area contributed by atoms with Gasteiger partial charge in [-0.1, -0.05) is 12.1 Å². The summed E-state index contributed by atoms with van der Waals surface area (Å²) in [5.74, 6) is 0. The second-order valence-corrected chi connectivity index (χ2v) is 9.07. The van der Waals surface area contributed by atoms with E-state index in [1.54, 1.807) is 0 Å². The molecule has 0 saturated carbocycles. The molecule has 0 aromatic heterocycles. The summed E-state index contributed by atoms with van der Waals surface area (Å²) in [6.07, 6.45) is 0.135. The first-order chi connectivity index (χ1) is 10.1. The quantitative estimate of drug-likeness (QED) is 0.709. The van der Waals surface area contributed by atoms with E-state index >= 15 is 0 Å². The Bertz CT molecular complexity index is 469. The van der Waals surface area contributed by atoms with Crippen LogP contribution in [-0.4, -0.2) is 27.1 Å². The minimum atomic E-state index is -2.98. The summed E-state index contributed by atoms with van der Waals surface area (Å²) < 4.78 is 19.1. The molecule has 0 saturated heterocycles. The summed E-state index contributed by atoms with van der Waals surface area (Å²) in [5, 5.41) is 1.13. The molecular formula is C18H32O3Si. The molecule has 1 rings (SSSR count). The molecule has 0 N–H and O–H groups in total. The van der Waals surface area contributed by atoms with Gasteiger partial charge < -0.3 is 13.3 Å². The van der Waals surface area contributed by atoms with E-state index in [0.717, 1.165) is 5.19 Å². The van der Waals surface area contributed by atoms with Gasteiger partial charge in [-0.05, 0) is 79.0 Å². The molecule has 0 heterocycles. The van der Waals surface area contributed by atoms with Gasteiger partial charge in [0.25, 0.3) is 0 Å². The SMILES string of the molecule is Cc1ccc(C)c([Si](OC(C)C)(OC(C)C)OC(C)C)c1C. The van der Waals surface area contributed by atoms with Gasteiger partial charge in [0.1, 0.15) is 0 Å². The molecule has 0 fully saturated rings. The van der Waals surface area contributed by atoms with Gasteiger partial charge in [0, 0.05) is 23.5 Å². The molecular weight excluding hydrogens is 292 g/mol. The van der Waals surface area contributed by atoms with E-state index in [0.29, 0.717) is 0 Å². The zero-order valence-electron chi connectivity index (χ0n) is 15.6. The maximum absolute atomic E-state index is 6.36. The van der Waals surface area contributed by atoms with Gasteiger partial charge in [0.05, 0.1) is 0 Å². The Labute approximate surface area is 137 Å². The summed E-state index contributed by atoms with van der Waals surface area (Å²) in [6.45, 7) is 18.6. The van der Waals surface area contributed by atoms with Gasteiger partial charge in [0.15, 0.2) is 0 Å². The third-order valence-corrected chi connectivity index (χ3v) is 7.15. The van der Waals surface area contributed by atoms with Crippen molar-refractivity contribution in [1.82, 2.24) is 0 Å². The Balaban J connectivity index is 3.55. The zero-order valence-corrected chi connectivity index (χ0v) is 16.6. The lowest BCUT2D eigenvalue weighted by Gasteiger charge is -2.36. The maximum Gasteiger partial charge on any atom is 0.538 e. The van der Waals surface area contributed by atoms with Crippen LogP contribution in [0.15, 0.2) is 12.1 Å². The van der Waals surface area contributed by atoms with Crippen molar-refractivity contribution in [1.29, 1.82) is 0 Å². The molecule has 1 aromatic carbocycles. The van der Waals surface area contributed by atoms with Crippen LogP contribution in [-0.2, 0) is 13.3 Å². The van der Waals surface area contributed by atoms with Crippen molar-refractivity contribution in [3.63, 3.8) is 0 Å². The Morgan fingerprint density at radius 2 is 1.05 bits per heavy atom. The fourth-order valence-corrected chi connectivity index (χ4v) is 6.22. The summed E-state index contributed by atoms with van der Waals surface area (Å²) in [6, 6.07) is 4.28. The van der Waals surface area contributed by atoms with Crippen molar-refractivity contribution >= 4 is 14.0 Å². The first-order valence-electron chi connectivity index (χ1n) is 8.19. The molecule has 0 bridgehead atoms. The maximum atomic E-state index is 6.36. The van der Waals surface area contributed by atoms with Crippen molar-refractivity contribution < 1.29 is 13.3 Å². The van der Waals surface area contributed by atoms with E-state index in [9.17, 15) is 0 Å². The lowest BCUT2D eigenvalue weighted by atomic mass is 10.1. The number of aryl methyl sites for hydroxylation is 2. The second-order valence-electron chi connectivity index (χ2n) is 6.76. The average molecular weight is 325 g/mol. The molecule has 0 aliphatic carbocycles. The molecule has 0 aliphatic heterocycles. The molecule has 1 aromatic rings. The summed E-state index contributed by atoms with van der Waals surface area (Å²) >= 11 is 0. The molecule has 22 heavy (non-hydrogen) atoms. The summed E-state index contributed by atoms with van der Waals surface area (Å²) in [7, 11) is -2.98. The second kappa shape index (κ2) is 7.73. The third kappa shape index (κ3) is 4.65. The first kappa shape index (κ1) is 19.4. The number of rotatable bonds is 7. The fraction of sp³-hybridized carbons (Fsp3) is 0.667. The molecule has 0 amide bonds. The highest BCUT2D eigenvalue weighted by Gasteiger charge is 2.49. The van der Waals surface area contributed by atoms with Crippen LogP contribution in [0, 0.1) is 20.8 Å². The van der Waals surface area contributed by atoms with Gasteiger partial charge in [0.2, 0.25) is 0 Å². The molecule has 0 radical (unpaired) electrons. The average Bonchev–Trinajstić information content (AvgIpc) is 2.31. The van der Waals surface area contributed by atoms with Crippen molar-refractivity contribution in [2.75, 3.05) is 0 Å². The van der Waals surface area contributed by atoms with E-state index < -0.39 is 8.80 Å². The molecule has 0 unspecified atom stereocenters. The summed E-state index contributed by atoms with van der Waals surface area (Å²) in [5.41, 5.74) is 3.63. The van der Waals surface area contributed by atoms with E-state index in [4.69, 9.17) is 13.3 Å². The van der Waals surface area contributed by atoms with Crippen LogP contribution in [0.5, 0.6) is 0 Å². The highest BCUT2D eigenvalue weighted by molar-refractivity contribution is 6.76. The van der Waals surface area contributed by atoms with E-state index in [1.165, 1.54) is 16.7 Å². The minimum absolute atomic E-state index is 0.0449. The Morgan fingerprint density at radius 1 is 0.682 bits per heavy atom. The van der Waals surface area contributed by atoms with Crippen LogP contribution in [0.4, 0.5) is 0 Å². The smallest absolute Gasteiger partial charge is 0.367 e. The molecule has 3 nitrogen and oxygen atoms in total. The fourth-order valence-electron chi connectivity index (χ4n) is 2.61. The highest BCUT2D eigenvalue weighted by atomic mass is 28.4. The molecule has 0 spiro atoms. The zero-order chi connectivity index (χ0) is 17.1. The van der Waals surface area contributed by atoms with Crippen molar-refractivity contribution in [3.05, 3.63) is 28.8 Å². The van der Waals surface area contributed by atoms with Crippen LogP contribution in [0.25, 0.3) is 0 Å². The number of hydrogen-bond donors (Lipinski definition) is 0. The predicted molar refractivity (Wildman–Crippen MR) is 94.7 cm³/mol. The van der Waals surface area contributed by atoms with Crippen LogP contribution >= 0.6 is 0 Å². The lowest BCUT2D eigenvalue weighted by Crippen LogP contribution is -2.61. The van der Waals surface area contributed by atoms with Crippen molar-refractivity contribution in [2.45, 2.75) is 80.6 Å². The van der Waals surface area contributed by atoms with Crippen molar-refractivity contribution in [2.24, 2.45) is 0 Å². The Hall–Kier alpha value is -0.683. The molecule has 126 valence electrons.